The van der Waals surface area contributed by atoms with Crippen molar-refractivity contribution in [2.75, 3.05) is 13.1 Å². The number of hydrogen-bond acceptors (Lipinski definition) is 2. The van der Waals surface area contributed by atoms with Crippen LogP contribution in [0.5, 0.6) is 0 Å². The number of aromatic nitrogens is 1. The van der Waals surface area contributed by atoms with E-state index in [0.29, 0.717) is 13.1 Å². The molecule has 1 saturated heterocycles. The number of aryl methyl sites for hydroxylation is 1. The van der Waals surface area contributed by atoms with Gasteiger partial charge < -0.3 is 14.6 Å². The number of fused-ring (bicyclic) bond motifs is 2. The second-order valence-corrected chi connectivity index (χ2v) is 7.25. The van der Waals surface area contributed by atoms with Gasteiger partial charge in [0.25, 0.3) is 5.91 Å². The van der Waals surface area contributed by atoms with Gasteiger partial charge in [-0.2, -0.15) is 0 Å². The molecule has 1 aromatic heterocycles. The first kappa shape index (κ1) is 14.8. The molecule has 2 fully saturated rings. The van der Waals surface area contributed by atoms with Gasteiger partial charge in [0, 0.05) is 43.3 Å². The first-order valence-electron chi connectivity index (χ1n) is 8.64. The summed E-state index contributed by atoms with van der Waals surface area (Å²) in [5, 5.41) is 11.9. The summed E-state index contributed by atoms with van der Waals surface area (Å²) in [6.07, 6.45) is 6.96. The Morgan fingerprint density at radius 3 is 3.00 bits per heavy atom. The van der Waals surface area contributed by atoms with Crippen molar-refractivity contribution in [1.29, 1.82) is 0 Å². The predicted molar refractivity (Wildman–Crippen MR) is 90.3 cm³/mol. The van der Waals surface area contributed by atoms with Crippen molar-refractivity contribution >= 4 is 16.8 Å². The summed E-state index contributed by atoms with van der Waals surface area (Å²) in [5.41, 5.74) is 1.31. The predicted octanol–water partition coefficient (Wildman–Crippen LogP) is 2.95. The zero-order valence-electron chi connectivity index (χ0n) is 13.7. The second-order valence-electron chi connectivity index (χ2n) is 7.25. The monoisotopic (exact) mass is 312 g/mol. The molecule has 0 spiro atoms. The number of carbonyl (C=O) groups excluding carboxylic acids is 1. The van der Waals surface area contributed by atoms with Crippen LogP contribution in [0.4, 0.5) is 0 Å². The van der Waals surface area contributed by atoms with Gasteiger partial charge in [0.05, 0.1) is 5.60 Å². The van der Waals surface area contributed by atoms with Crippen LogP contribution in [0, 0.1) is 5.92 Å². The van der Waals surface area contributed by atoms with Crippen molar-refractivity contribution < 1.29 is 9.90 Å². The maximum absolute atomic E-state index is 12.9. The molecular formula is C19H24N2O2. The van der Waals surface area contributed by atoms with Gasteiger partial charge in [-0.1, -0.05) is 18.9 Å². The maximum atomic E-state index is 12.9. The van der Waals surface area contributed by atoms with Crippen molar-refractivity contribution in [3.05, 3.63) is 36.0 Å². The number of aliphatic hydroxyl groups is 1. The van der Waals surface area contributed by atoms with E-state index in [1.165, 1.54) is 6.42 Å². The summed E-state index contributed by atoms with van der Waals surface area (Å²) in [7, 11) is 2.00. The van der Waals surface area contributed by atoms with Gasteiger partial charge in [0.1, 0.15) is 0 Å². The maximum Gasteiger partial charge on any atom is 0.253 e. The molecule has 0 radical (unpaired) electrons. The third-order valence-corrected chi connectivity index (χ3v) is 5.85. The molecule has 2 atom stereocenters. The molecule has 122 valence electrons. The topological polar surface area (TPSA) is 45.5 Å². The SMILES string of the molecule is Cn1ccc2ccc(C(=O)N3CC[C@@]4(O)CCCC[C@@H]4C3)cc21. The molecule has 2 heterocycles. The minimum atomic E-state index is -0.531. The summed E-state index contributed by atoms with van der Waals surface area (Å²) >= 11 is 0. The third kappa shape index (κ3) is 2.45. The number of amides is 1. The van der Waals surface area contributed by atoms with Crippen LogP contribution in [0.3, 0.4) is 0 Å². The van der Waals surface area contributed by atoms with E-state index in [1.807, 2.05) is 40.9 Å². The highest BCUT2D eigenvalue weighted by molar-refractivity contribution is 5.98. The van der Waals surface area contributed by atoms with Crippen LogP contribution in [0.1, 0.15) is 42.5 Å². The van der Waals surface area contributed by atoms with Crippen molar-refractivity contribution in [3.8, 4) is 0 Å². The molecule has 2 aliphatic rings. The van der Waals surface area contributed by atoms with Crippen LogP contribution < -0.4 is 0 Å². The van der Waals surface area contributed by atoms with Gasteiger partial charge >= 0.3 is 0 Å². The number of nitrogens with zero attached hydrogens (tertiary/aromatic N) is 2. The van der Waals surface area contributed by atoms with Gasteiger partial charge in [-0.3, -0.25) is 4.79 Å². The van der Waals surface area contributed by atoms with E-state index in [0.717, 1.165) is 42.1 Å². The summed E-state index contributed by atoms with van der Waals surface area (Å²) in [4.78, 5) is 14.8. The smallest absolute Gasteiger partial charge is 0.253 e. The van der Waals surface area contributed by atoms with E-state index in [-0.39, 0.29) is 11.8 Å². The number of rotatable bonds is 1. The Morgan fingerprint density at radius 2 is 2.13 bits per heavy atom. The van der Waals surface area contributed by atoms with Crippen LogP contribution in [-0.4, -0.2) is 39.2 Å². The van der Waals surface area contributed by atoms with E-state index in [9.17, 15) is 9.90 Å². The number of piperidine rings is 1. The zero-order chi connectivity index (χ0) is 16.0. The highest BCUT2D eigenvalue weighted by atomic mass is 16.3. The van der Waals surface area contributed by atoms with Crippen LogP contribution in [0.25, 0.3) is 10.9 Å². The lowest BCUT2D eigenvalue weighted by atomic mass is 9.71. The first-order chi connectivity index (χ1) is 11.1. The molecule has 4 nitrogen and oxygen atoms in total. The Hall–Kier alpha value is -1.81. The van der Waals surface area contributed by atoms with Crippen molar-refractivity contribution in [3.63, 3.8) is 0 Å². The highest BCUT2D eigenvalue weighted by Gasteiger charge is 2.43. The van der Waals surface area contributed by atoms with Crippen LogP contribution in [0.15, 0.2) is 30.5 Å². The summed E-state index contributed by atoms with van der Waals surface area (Å²) in [6, 6.07) is 7.99. The second kappa shape index (κ2) is 5.38. The molecule has 1 saturated carbocycles. The van der Waals surface area contributed by atoms with Crippen LogP contribution >= 0.6 is 0 Å². The quantitative estimate of drug-likeness (QED) is 0.880. The molecule has 0 bridgehead atoms. The molecule has 1 amide bonds. The van der Waals surface area contributed by atoms with E-state index in [1.54, 1.807) is 0 Å². The number of benzene rings is 1. The molecule has 23 heavy (non-hydrogen) atoms. The van der Waals surface area contributed by atoms with Gasteiger partial charge in [-0.25, -0.2) is 0 Å². The fourth-order valence-corrected chi connectivity index (χ4v) is 4.33. The molecule has 1 aromatic carbocycles. The molecule has 1 aliphatic carbocycles. The van der Waals surface area contributed by atoms with E-state index >= 15 is 0 Å². The lowest BCUT2D eigenvalue weighted by Gasteiger charge is -2.47. The summed E-state index contributed by atoms with van der Waals surface area (Å²) < 4.78 is 2.04. The lowest BCUT2D eigenvalue weighted by Crippen LogP contribution is -2.54. The molecule has 1 aliphatic heterocycles. The fourth-order valence-electron chi connectivity index (χ4n) is 4.33. The highest BCUT2D eigenvalue weighted by Crippen LogP contribution is 2.40. The average Bonchev–Trinajstić information content (AvgIpc) is 2.94. The fraction of sp³-hybridized carbons (Fsp3) is 0.526. The first-order valence-corrected chi connectivity index (χ1v) is 8.64. The Balaban J connectivity index is 1.57. The Bertz CT molecular complexity index is 751. The average molecular weight is 312 g/mol. The van der Waals surface area contributed by atoms with Gasteiger partial charge in [-0.15, -0.1) is 0 Å². The van der Waals surface area contributed by atoms with E-state index in [4.69, 9.17) is 0 Å². The number of likely N-dealkylation sites (tertiary alicyclic amines) is 1. The molecule has 2 aromatic rings. The van der Waals surface area contributed by atoms with Crippen LogP contribution in [-0.2, 0) is 7.05 Å². The minimum absolute atomic E-state index is 0.0979. The minimum Gasteiger partial charge on any atom is -0.389 e. The van der Waals surface area contributed by atoms with Gasteiger partial charge in [0.2, 0.25) is 0 Å². The molecule has 0 unspecified atom stereocenters. The molecular weight excluding hydrogens is 288 g/mol. The van der Waals surface area contributed by atoms with Crippen molar-refractivity contribution in [1.82, 2.24) is 9.47 Å². The van der Waals surface area contributed by atoms with E-state index in [2.05, 4.69) is 6.07 Å². The van der Waals surface area contributed by atoms with E-state index < -0.39 is 5.60 Å². The third-order valence-electron chi connectivity index (χ3n) is 5.85. The lowest BCUT2D eigenvalue weighted by molar-refractivity contribution is -0.0886. The number of carbonyl (C=O) groups is 1. The Labute approximate surface area is 136 Å². The molecule has 4 heteroatoms. The Kier molecular flexibility index (Phi) is 3.45. The molecule has 1 N–H and O–H groups in total. The van der Waals surface area contributed by atoms with Crippen LogP contribution in [0.2, 0.25) is 0 Å². The number of hydrogen-bond donors (Lipinski definition) is 1. The van der Waals surface area contributed by atoms with Crippen molar-refractivity contribution in [2.45, 2.75) is 37.7 Å². The van der Waals surface area contributed by atoms with Gasteiger partial charge in [0.15, 0.2) is 0 Å². The standard InChI is InChI=1S/C19H24N2O2/c1-20-10-7-14-5-6-15(12-17(14)20)18(22)21-11-9-19(23)8-3-2-4-16(19)13-21/h5-7,10,12,16,23H,2-4,8-9,11,13H2,1H3/t16-,19+/m1/s1. The Morgan fingerprint density at radius 1 is 1.26 bits per heavy atom. The summed E-state index contributed by atoms with van der Waals surface area (Å²) in [5.74, 6) is 0.341. The normalized spacial score (nSPS) is 27.9. The largest absolute Gasteiger partial charge is 0.389 e. The zero-order valence-corrected chi connectivity index (χ0v) is 13.7. The van der Waals surface area contributed by atoms with Crippen molar-refractivity contribution in [2.24, 2.45) is 13.0 Å². The summed E-state index contributed by atoms with van der Waals surface area (Å²) in [6.45, 7) is 1.36. The molecule has 4 rings (SSSR count). The van der Waals surface area contributed by atoms with Gasteiger partial charge in [-0.05, 0) is 42.8 Å².